The Morgan fingerprint density at radius 3 is 2.46 bits per heavy atom. The Hall–Kier alpha value is -3.16. The van der Waals surface area contributed by atoms with Crippen LogP contribution < -0.4 is 5.32 Å². The number of carbonyl (C=O) groups excluding carboxylic acids is 3. The summed E-state index contributed by atoms with van der Waals surface area (Å²) in [6, 6.07) is 6.42. The lowest BCUT2D eigenvalue weighted by atomic mass is 10.1. The van der Waals surface area contributed by atoms with Crippen molar-refractivity contribution < 1.29 is 18.8 Å². The highest BCUT2D eigenvalue weighted by molar-refractivity contribution is 5.98. The van der Waals surface area contributed by atoms with Crippen LogP contribution in [0.2, 0.25) is 0 Å². The van der Waals surface area contributed by atoms with Crippen LogP contribution in [0.25, 0.3) is 0 Å². The summed E-state index contributed by atoms with van der Waals surface area (Å²) in [5.74, 6) is -0.327. The summed E-state index contributed by atoms with van der Waals surface area (Å²) in [6.45, 7) is 4.34. The predicted molar refractivity (Wildman–Crippen MR) is 102 cm³/mol. The number of unbranched alkanes of at least 4 members (excludes halogenated alkanes) is 1. The quantitative estimate of drug-likeness (QED) is 0.766. The van der Waals surface area contributed by atoms with E-state index >= 15 is 0 Å². The molecule has 8 nitrogen and oxygen atoms in total. The fraction of sp³-hybridized carbons (Fsp3) is 0.400. The Balaban J connectivity index is 1.58. The zero-order valence-corrected chi connectivity index (χ0v) is 15.9. The molecule has 28 heavy (non-hydrogen) atoms. The summed E-state index contributed by atoms with van der Waals surface area (Å²) in [4.78, 5) is 44.7. The first-order valence-electron chi connectivity index (χ1n) is 9.46. The molecule has 1 aliphatic heterocycles. The minimum atomic E-state index is -0.281. The van der Waals surface area contributed by atoms with Gasteiger partial charge in [-0.05, 0) is 30.7 Å². The molecule has 0 atom stereocenters. The van der Waals surface area contributed by atoms with Crippen molar-refractivity contribution in [2.45, 2.75) is 19.8 Å². The van der Waals surface area contributed by atoms with Gasteiger partial charge in [-0.3, -0.25) is 19.4 Å². The maximum Gasteiger partial charge on any atom is 0.289 e. The number of hydrogen-bond acceptors (Lipinski definition) is 5. The van der Waals surface area contributed by atoms with E-state index in [1.165, 1.54) is 18.5 Å². The first-order chi connectivity index (χ1) is 13.6. The standard InChI is InChI=1S/C20H24N4O4/c1-2-3-7-22-18(25)16-14-15(6-8-21-16)19(26)23-9-11-24(12-10-23)20(27)17-5-4-13-28-17/h4-6,8,13-14H,2-3,7,9-12H2,1H3,(H,22,25). The number of furan rings is 1. The third-order valence-electron chi connectivity index (χ3n) is 4.64. The fourth-order valence-electron chi connectivity index (χ4n) is 3.01. The van der Waals surface area contributed by atoms with E-state index < -0.39 is 0 Å². The van der Waals surface area contributed by atoms with Gasteiger partial charge in [0.1, 0.15) is 5.69 Å². The molecule has 0 radical (unpaired) electrons. The summed E-state index contributed by atoms with van der Waals surface area (Å²) in [5, 5.41) is 2.80. The Morgan fingerprint density at radius 2 is 1.82 bits per heavy atom. The number of piperazine rings is 1. The second kappa shape index (κ2) is 9.16. The summed E-state index contributed by atoms with van der Waals surface area (Å²) in [7, 11) is 0. The van der Waals surface area contributed by atoms with Gasteiger partial charge in [-0.15, -0.1) is 0 Å². The highest BCUT2D eigenvalue weighted by Crippen LogP contribution is 2.13. The van der Waals surface area contributed by atoms with E-state index in [2.05, 4.69) is 10.3 Å². The van der Waals surface area contributed by atoms with Gasteiger partial charge in [0.15, 0.2) is 5.76 Å². The van der Waals surface area contributed by atoms with Gasteiger partial charge in [0, 0.05) is 44.5 Å². The molecule has 0 bridgehead atoms. The first kappa shape index (κ1) is 19.6. The molecule has 3 amide bonds. The average Bonchev–Trinajstić information content (AvgIpc) is 3.28. The van der Waals surface area contributed by atoms with E-state index in [1.54, 1.807) is 28.0 Å². The second-order valence-electron chi connectivity index (χ2n) is 6.60. The minimum absolute atomic E-state index is 0.171. The maximum atomic E-state index is 12.8. The summed E-state index contributed by atoms with van der Waals surface area (Å²) in [6.07, 6.45) is 4.82. The normalized spacial score (nSPS) is 14.0. The largest absolute Gasteiger partial charge is 0.459 e. The molecule has 0 spiro atoms. The number of nitrogens with one attached hydrogen (secondary N) is 1. The molecule has 0 saturated carbocycles. The number of hydrogen-bond donors (Lipinski definition) is 1. The molecule has 8 heteroatoms. The summed E-state index contributed by atoms with van der Waals surface area (Å²) in [5.41, 5.74) is 0.648. The van der Waals surface area contributed by atoms with Crippen LogP contribution in [0.5, 0.6) is 0 Å². The van der Waals surface area contributed by atoms with Crippen LogP contribution in [-0.2, 0) is 0 Å². The Kier molecular flexibility index (Phi) is 6.41. The second-order valence-corrected chi connectivity index (χ2v) is 6.60. The van der Waals surface area contributed by atoms with Gasteiger partial charge in [0.25, 0.3) is 17.7 Å². The molecule has 148 valence electrons. The number of amides is 3. The molecular weight excluding hydrogens is 360 g/mol. The van der Waals surface area contributed by atoms with Crippen molar-refractivity contribution in [1.29, 1.82) is 0 Å². The third-order valence-corrected chi connectivity index (χ3v) is 4.64. The SMILES string of the molecule is CCCCNC(=O)c1cc(C(=O)N2CCN(C(=O)c3ccco3)CC2)ccn1. The Labute approximate surface area is 163 Å². The molecular formula is C20H24N4O4. The summed E-state index contributed by atoms with van der Waals surface area (Å²) >= 11 is 0. The van der Waals surface area contributed by atoms with Crippen LogP contribution in [0, 0.1) is 0 Å². The molecule has 0 aromatic carbocycles. The first-order valence-corrected chi connectivity index (χ1v) is 9.46. The number of aromatic nitrogens is 1. The van der Waals surface area contributed by atoms with Crippen molar-refractivity contribution in [3.8, 4) is 0 Å². The van der Waals surface area contributed by atoms with Gasteiger partial charge in [0.05, 0.1) is 6.26 Å². The van der Waals surface area contributed by atoms with Crippen molar-refractivity contribution in [1.82, 2.24) is 20.1 Å². The van der Waals surface area contributed by atoms with Gasteiger partial charge in [-0.1, -0.05) is 13.3 Å². The van der Waals surface area contributed by atoms with Crippen molar-refractivity contribution >= 4 is 17.7 Å². The van der Waals surface area contributed by atoms with E-state index in [0.29, 0.717) is 44.0 Å². The molecule has 3 rings (SSSR count). The van der Waals surface area contributed by atoms with Gasteiger partial charge >= 0.3 is 0 Å². The molecule has 1 saturated heterocycles. The fourth-order valence-corrected chi connectivity index (χ4v) is 3.01. The Bertz CT molecular complexity index is 826. The van der Waals surface area contributed by atoms with Crippen LogP contribution in [0.15, 0.2) is 41.1 Å². The van der Waals surface area contributed by atoms with Crippen LogP contribution in [0.1, 0.15) is 51.2 Å². The predicted octanol–water partition coefficient (Wildman–Crippen LogP) is 1.80. The van der Waals surface area contributed by atoms with Gasteiger partial charge in [-0.25, -0.2) is 0 Å². The van der Waals surface area contributed by atoms with Crippen LogP contribution in [0.4, 0.5) is 0 Å². The van der Waals surface area contributed by atoms with Crippen molar-refractivity contribution in [3.63, 3.8) is 0 Å². The lowest BCUT2D eigenvalue weighted by Gasteiger charge is -2.34. The number of pyridine rings is 1. The lowest BCUT2D eigenvalue weighted by Crippen LogP contribution is -2.50. The highest BCUT2D eigenvalue weighted by Gasteiger charge is 2.27. The number of rotatable bonds is 6. The van der Waals surface area contributed by atoms with E-state index in [-0.39, 0.29) is 23.4 Å². The van der Waals surface area contributed by atoms with Crippen molar-refractivity contribution in [2.75, 3.05) is 32.7 Å². The lowest BCUT2D eigenvalue weighted by molar-refractivity contribution is 0.0518. The Morgan fingerprint density at radius 1 is 1.11 bits per heavy atom. The molecule has 3 heterocycles. The average molecular weight is 384 g/mol. The van der Waals surface area contributed by atoms with Gasteiger partial charge in [-0.2, -0.15) is 0 Å². The smallest absolute Gasteiger partial charge is 0.289 e. The third kappa shape index (κ3) is 4.57. The maximum absolute atomic E-state index is 12.8. The molecule has 1 N–H and O–H groups in total. The highest BCUT2D eigenvalue weighted by atomic mass is 16.3. The number of carbonyl (C=O) groups is 3. The topological polar surface area (TPSA) is 95.8 Å². The zero-order chi connectivity index (χ0) is 19.9. The molecule has 2 aromatic heterocycles. The van der Waals surface area contributed by atoms with E-state index in [1.807, 2.05) is 6.92 Å². The monoisotopic (exact) mass is 384 g/mol. The molecule has 0 aliphatic carbocycles. The zero-order valence-electron chi connectivity index (χ0n) is 15.9. The molecule has 1 aliphatic rings. The van der Waals surface area contributed by atoms with E-state index in [4.69, 9.17) is 4.42 Å². The van der Waals surface area contributed by atoms with E-state index in [0.717, 1.165) is 12.8 Å². The van der Waals surface area contributed by atoms with Crippen LogP contribution in [-0.4, -0.2) is 65.2 Å². The van der Waals surface area contributed by atoms with Crippen molar-refractivity contribution in [3.05, 3.63) is 53.7 Å². The van der Waals surface area contributed by atoms with E-state index in [9.17, 15) is 14.4 Å². The van der Waals surface area contributed by atoms with Gasteiger partial charge < -0.3 is 19.5 Å². The van der Waals surface area contributed by atoms with Gasteiger partial charge in [0.2, 0.25) is 0 Å². The van der Waals surface area contributed by atoms with Crippen LogP contribution in [0.3, 0.4) is 0 Å². The molecule has 1 fully saturated rings. The number of nitrogens with zero attached hydrogens (tertiary/aromatic N) is 3. The van der Waals surface area contributed by atoms with Crippen LogP contribution >= 0.6 is 0 Å². The minimum Gasteiger partial charge on any atom is -0.459 e. The molecule has 2 aromatic rings. The molecule has 0 unspecified atom stereocenters. The summed E-state index contributed by atoms with van der Waals surface area (Å²) < 4.78 is 5.15. The van der Waals surface area contributed by atoms with Crippen molar-refractivity contribution in [2.24, 2.45) is 0 Å².